The van der Waals surface area contributed by atoms with E-state index >= 15 is 0 Å². The monoisotopic (exact) mass is 247 g/mol. The van der Waals surface area contributed by atoms with Crippen molar-refractivity contribution in [2.45, 2.75) is 59.5 Å². The van der Waals surface area contributed by atoms with Gasteiger partial charge in [0.2, 0.25) is 0 Å². The largest absolute Gasteiger partial charge is 0.307 e. The van der Waals surface area contributed by atoms with Crippen molar-refractivity contribution in [2.75, 3.05) is 0 Å². The molecule has 1 nitrogen and oxygen atoms in total. The first-order valence-corrected chi connectivity index (χ1v) is 7.30. The molecule has 0 aliphatic carbocycles. The Balaban J connectivity index is 2.59. The zero-order valence-electron chi connectivity index (χ0n) is 12.6. The molecule has 1 atom stereocenters. The summed E-state index contributed by atoms with van der Waals surface area (Å²) in [7, 11) is 0. The zero-order chi connectivity index (χ0) is 13.5. The average molecular weight is 247 g/mol. The first-order chi connectivity index (χ1) is 8.49. The highest BCUT2D eigenvalue weighted by atomic mass is 14.9. The molecule has 1 aromatic rings. The van der Waals surface area contributed by atoms with Crippen molar-refractivity contribution in [1.29, 1.82) is 0 Å². The quantitative estimate of drug-likeness (QED) is 0.730. The highest BCUT2D eigenvalue weighted by molar-refractivity contribution is 5.18. The SMILES string of the molecule is CC(C)CC(CC(C)C)NC(C)c1ccccc1. The van der Waals surface area contributed by atoms with E-state index in [2.05, 4.69) is 70.3 Å². The Morgan fingerprint density at radius 1 is 0.833 bits per heavy atom. The van der Waals surface area contributed by atoms with Gasteiger partial charge in [-0.05, 0) is 37.2 Å². The van der Waals surface area contributed by atoms with E-state index in [1.807, 2.05) is 0 Å². The molecule has 102 valence electrons. The lowest BCUT2D eigenvalue weighted by atomic mass is 9.94. The van der Waals surface area contributed by atoms with E-state index in [0.717, 1.165) is 11.8 Å². The minimum atomic E-state index is 0.439. The summed E-state index contributed by atoms with van der Waals surface area (Å²) in [5.41, 5.74) is 1.38. The maximum Gasteiger partial charge on any atom is 0.0294 e. The van der Waals surface area contributed by atoms with E-state index in [0.29, 0.717) is 12.1 Å². The first-order valence-electron chi connectivity index (χ1n) is 7.30. The van der Waals surface area contributed by atoms with Crippen LogP contribution in [0, 0.1) is 11.8 Å². The fourth-order valence-electron chi connectivity index (χ4n) is 2.56. The molecule has 0 radical (unpaired) electrons. The zero-order valence-corrected chi connectivity index (χ0v) is 12.6. The second-order valence-electron chi connectivity index (χ2n) is 6.26. The Hall–Kier alpha value is -0.820. The number of rotatable bonds is 7. The van der Waals surface area contributed by atoms with Crippen molar-refractivity contribution in [3.63, 3.8) is 0 Å². The number of hydrogen-bond donors (Lipinski definition) is 1. The van der Waals surface area contributed by atoms with Gasteiger partial charge in [0.15, 0.2) is 0 Å². The molecule has 0 saturated carbocycles. The third kappa shape index (κ3) is 5.68. The van der Waals surface area contributed by atoms with Gasteiger partial charge >= 0.3 is 0 Å². The number of hydrogen-bond acceptors (Lipinski definition) is 1. The minimum Gasteiger partial charge on any atom is -0.307 e. The van der Waals surface area contributed by atoms with E-state index in [9.17, 15) is 0 Å². The van der Waals surface area contributed by atoms with Crippen LogP contribution in [0.3, 0.4) is 0 Å². The predicted molar refractivity (Wildman–Crippen MR) is 80.7 cm³/mol. The summed E-state index contributed by atoms with van der Waals surface area (Å²) in [6, 6.07) is 11.8. The molecule has 0 aliphatic rings. The molecule has 1 heteroatoms. The molecular formula is C17H29N. The highest BCUT2D eigenvalue weighted by Crippen LogP contribution is 2.18. The lowest BCUT2D eigenvalue weighted by molar-refractivity contribution is 0.335. The highest BCUT2D eigenvalue weighted by Gasteiger charge is 2.15. The third-order valence-corrected chi connectivity index (χ3v) is 3.30. The Kier molecular flexibility index (Phi) is 6.42. The number of benzene rings is 1. The van der Waals surface area contributed by atoms with Crippen molar-refractivity contribution < 1.29 is 0 Å². The van der Waals surface area contributed by atoms with E-state index in [1.54, 1.807) is 0 Å². The first kappa shape index (κ1) is 15.2. The molecular weight excluding hydrogens is 218 g/mol. The Bertz CT molecular complexity index is 306. The van der Waals surface area contributed by atoms with E-state index < -0.39 is 0 Å². The lowest BCUT2D eigenvalue weighted by Gasteiger charge is -2.26. The van der Waals surface area contributed by atoms with Crippen LogP contribution in [0.5, 0.6) is 0 Å². The van der Waals surface area contributed by atoms with Crippen LogP contribution in [0.2, 0.25) is 0 Å². The van der Waals surface area contributed by atoms with Gasteiger partial charge < -0.3 is 5.32 Å². The van der Waals surface area contributed by atoms with Crippen LogP contribution >= 0.6 is 0 Å². The van der Waals surface area contributed by atoms with Crippen molar-refractivity contribution in [2.24, 2.45) is 11.8 Å². The molecule has 1 aromatic carbocycles. The molecule has 1 N–H and O–H groups in total. The predicted octanol–water partition coefficient (Wildman–Crippen LogP) is 4.80. The molecule has 0 bridgehead atoms. The van der Waals surface area contributed by atoms with Crippen LogP contribution < -0.4 is 5.32 Å². The van der Waals surface area contributed by atoms with E-state index in [4.69, 9.17) is 0 Å². The van der Waals surface area contributed by atoms with Gasteiger partial charge in [0.1, 0.15) is 0 Å². The summed E-state index contributed by atoms with van der Waals surface area (Å²) < 4.78 is 0. The molecule has 0 spiro atoms. The van der Waals surface area contributed by atoms with Crippen LogP contribution in [0.4, 0.5) is 0 Å². The van der Waals surface area contributed by atoms with Gasteiger partial charge in [0.25, 0.3) is 0 Å². The number of nitrogens with one attached hydrogen (secondary N) is 1. The van der Waals surface area contributed by atoms with Crippen molar-refractivity contribution in [1.82, 2.24) is 5.32 Å². The van der Waals surface area contributed by atoms with Crippen LogP contribution in [-0.4, -0.2) is 6.04 Å². The summed E-state index contributed by atoms with van der Waals surface area (Å²) >= 11 is 0. The summed E-state index contributed by atoms with van der Waals surface area (Å²) in [5.74, 6) is 1.51. The summed E-state index contributed by atoms with van der Waals surface area (Å²) in [5, 5.41) is 3.80. The topological polar surface area (TPSA) is 12.0 Å². The van der Waals surface area contributed by atoms with Crippen molar-refractivity contribution >= 4 is 0 Å². The Morgan fingerprint density at radius 3 is 1.78 bits per heavy atom. The Morgan fingerprint density at radius 2 is 1.33 bits per heavy atom. The van der Waals surface area contributed by atoms with Gasteiger partial charge in [0.05, 0.1) is 0 Å². The van der Waals surface area contributed by atoms with Gasteiger partial charge in [-0.3, -0.25) is 0 Å². The van der Waals surface area contributed by atoms with Gasteiger partial charge in [-0.2, -0.15) is 0 Å². The van der Waals surface area contributed by atoms with Gasteiger partial charge in [0, 0.05) is 12.1 Å². The molecule has 0 aromatic heterocycles. The molecule has 0 heterocycles. The molecule has 0 fully saturated rings. The minimum absolute atomic E-state index is 0.439. The van der Waals surface area contributed by atoms with E-state index in [1.165, 1.54) is 18.4 Å². The second-order valence-corrected chi connectivity index (χ2v) is 6.26. The summed E-state index contributed by atoms with van der Waals surface area (Å²) in [4.78, 5) is 0. The fourth-order valence-corrected chi connectivity index (χ4v) is 2.56. The Labute approximate surface area is 113 Å². The molecule has 1 rings (SSSR count). The van der Waals surface area contributed by atoms with Crippen molar-refractivity contribution in [3.05, 3.63) is 35.9 Å². The third-order valence-electron chi connectivity index (χ3n) is 3.30. The standard InChI is InChI=1S/C17H29N/c1-13(2)11-17(12-14(3)4)18-15(5)16-9-7-6-8-10-16/h6-10,13-15,17-18H,11-12H2,1-5H3. The average Bonchev–Trinajstić information content (AvgIpc) is 2.28. The molecule has 1 unspecified atom stereocenters. The van der Waals surface area contributed by atoms with Crippen LogP contribution in [0.25, 0.3) is 0 Å². The maximum atomic E-state index is 3.80. The van der Waals surface area contributed by atoms with Gasteiger partial charge in [-0.15, -0.1) is 0 Å². The van der Waals surface area contributed by atoms with Crippen LogP contribution in [0.1, 0.15) is 59.1 Å². The summed E-state index contributed by atoms with van der Waals surface area (Å²) in [6.45, 7) is 11.5. The van der Waals surface area contributed by atoms with Gasteiger partial charge in [-0.25, -0.2) is 0 Å². The lowest BCUT2D eigenvalue weighted by Crippen LogP contribution is -2.33. The van der Waals surface area contributed by atoms with Gasteiger partial charge in [-0.1, -0.05) is 58.0 Å². The molecule has 0 amide bonds. The smallest absolute Gasteiger partial charge is 0.0294 e. The van der Waals surface area contributed by atoms with Crippen LogP contribution in [-0.2, 0) is 0 Å². The molecule has 18 heavy (non-hydrogen) atoms. The normalized spacial score (nSPS) is 13.6. The van der Waals surface area contributed by atoms with E-state index in [-0.39, 0.29) is 0 Å². The summed E-state index contributed by atoms with van der Waals surface area (Å²) in [6.07, 6.45) is 2.52. The van der Waals surface area contributed by atoms with Crippen molar-refractivity contribution in [3.8, 4) is 0 Å². The van der Waals surface area contributed by atoms with Crippen LogP contribution in [0.15, 0.2) is 30.3 Å². The molecule has 0 saturated heterocycles. The molecule has 0 aliphatic heterocycles. The maximum absolute atomic E-state index is 3.80. The fraction of sp³-hybridized carbons (Fsp3) is 0.647. The second kappa shape index (κ2) is 7.58.